The van der Waals surface area contributed by atoms with E-state index in [1.54, 1.807) is 11.1 Å². The summed E-state index contributed by atoms with van der Waals surface area (Å²) in [6, 6.07) is 29.2. The SMILES string of the molecule is C.C.C.C=C(C(=C)c1cccc(C#CCCC)c1)c1ccccc1.CCC/C(=C(/C)C(C)CC)c1ccccc1. The Kier molecular flexibility index (Phi) is 20.5. The van der Waals surface area contributed by atoms with E-state index in [2.05, 4.69) is 114 Å². The highest BCUT2D eigenvalue weighted by Crippen LogP contribution is 2.29. The minimum Gasteiger partial charge on any atom is -0.0979 e. The molecule has 0 aromatic heterocycles. The maximum atomic E-state index is 4.19. The van der Waals surface area contributed by atoms with E-state index >= 15 is 0 Å². The van der Waals surface area contributed by atoms with E-state index in [0.29, 0.717) is 5.92 Å². The number of hydrogen-bond donors (Lipinski definition) is 0. The van der Waals surface area contributed by atoms with Gasteiger partial charge in [-0.15, -0.1) is 0 Å². The van der Waals surface area contributed by atoms with Gasteiger partial charge in [-0.05, 0) is 77.6 Å². The van der Waals surface area contributed by atoms with Gasteiger partial charge in [0.15, 0.2) is 0 Å². The topological polar surface area (TPSA) is 0 Å². The van der Waals surface area contributed by atoms with Crippen molar-refractivity contribution >= 4 is 16.7 Å². The number of unbranched alkanes of at least 4 members (excludes halogenated alkanes) is 1. The van der Waals surface area contributed by atoms with Crippen molar-refractivity contribution in [2.45, 2.75) is 89.0 Å². The molecule has 0 spiro atoms. The molecule has 3 aromatic carbocycles. The van der Waals surface area contributed by atoms with Crippen molar-refractivity contribution in [2.24, 2.45) is 5.92 Å². The normalized spacial score (nSPS) is 10.8. The Morgan fingerprint density at radius 1 is 0.700 bits per heavy atom. The van der Waals surface area contributed by atoms with Crippen LogP contribution in [0.2, 0.25) is 0 Å². The van der Waals surface area contributed by atoms with Crippen LogP contribution in [0, 0.1) is 17.8 Å². The zero-order valence-corrected chi connectivity index (χ0v) is 23.6. The Labute approximate surface area is 249 Å². The van der Waals surface area contributed by atoms with Crippen LogP contribution in [0.4, 0.5) is 0 Å². The summed E-state index contributed by atoms with van der Waals surface area (Å²) in [4.78, 5) is 0. The lowest BCUT2D eigenvalue weighted by atomic mass is 9.89. The molecule has 0 radical (unpaired) electrons. The Morgan fingerprint density at radius 2 is 1.23 bits per heavy atom. The molecule has 0 saturated heterocycles. The summed E-state index contributed by atoms with van der Waals surface area (Å²) in [5.41, 5.74) is 9.63. The standard InChI is InChI=1S/C21H20.C16H24.3CH4/c1-4-5-7-11-19-12-10-15-21(16-19)18(3)17(2)20-13-8-6-9-14-20;1-5-10-16(14(4)13(3)6-2)15-11-8-7-9-12-15;;;/h6,8-10,12-16H,2-5H2,1H3;7-9,11-13H,5-6,10H2,1-4H3;3*1H4/b;16-14+;;;. The van der Waals surface area contributed by atoms with Gasteiger partial charge < -0.3 is 0 Å². The molecule has 40 heavy (non-hydrogen) atoms. The van der Waals surface area contributed by atoms with Gasteiger partial charge in [-0.3, -0.25) is 0 Å². The summed E-state index contributed by atoms with van der Waals surface area (Å²) in [7, 11) is 0. The molecule has 0 heterocycles. The molecule has 0 nitrogen and oxygen atoms in total. The second-order valence-corrected chi connectivity index (χ2v) is 9.54. The van der Waals surface area contributed by atoms with Crippen LogP contribution >= 0.6 is 0 Å². The summed E-state index contributed by atoms with van der Waals surface area (Å²) in [6.45, 7) is 19.6. The van der Waals surface area contributed by atoms with Crippen LogP contribution < -0.4 is 0 Å². The number of rotatable bonds is 9. The lowest BCUT2D eigenvalue weighted by Crippen LogP contribution is -1.99. The van der Waals surface area contributed by atoms with Gasteiger partial charge in [0.05, 0.1) is 0 Å². The third-order valence-electron chi connectivity index (χ3n) is 6.76. The monoisotopic (exact) mass is 536 g/mol. The second kappa shape index (κ2) is 21.3. The van der Waals surface area contributed by atoms with E-state index in [9.17, 15) is 0 Å². The van der Waals surface area contributed by atoms with E-state index in [-0.39, 0.29) is 22.3 Å². The molecule has 3 rings (SSSR count). The fourth-order valence-electron chi connectivity index (χ4n) is 4.12. The number of hydrogen-bond acceptors (Lipinski definition) is 0. The highest BCUT2D eigenvalue weighted by atomic mass is 14.1. The highest BCUT2D eigenvalue weighted by molar-refractivity contribution is 6.03. The molecular weight excluding hydrogens is 480 g/mol. The Morgan fingerprint density at radius 3 is 1.75 bits per heavy atom. The van der Waals surface area contributed by atoms with E-state index in [1.807, 2.05) is 30.3 Å². The van der Waals surface area contributed by atoms with Crippen LogP contribution in [0.25, 0.3) is 16.7 Å². The van der Waals surface area contributed by atoms with Crippen molar-refractivity contribution in [1.82, 2.24) is 0 Å². The maximum absolute atomic E-state index is 4.19. The number of benzene rings is 3. The van der Waals surface area contributed by atoms with Crippen molar-refractivity contribution in [3.05, 3.63) is 126 Å². The lowest BCUT2D eigenvalue weighted by molar-refractivity contribution is 0.654. The Balaban J connectivity index is 0. The molecular formula is C40H56. The zero-order chi connectivity index (χ0) is 27.0. The molecule has 0 heteroatoms. The van der Waals surface area contributed by atoms with Gasteiger partial charge in [0.25, 0.3) is 0 Å². The van der Waals surface area contributed by atoms with E-state index in [4.69, 9.17) is 0 Å². The molecule has 1 atom stereocenters. The second-order valence-electron chi connectivity index (χ2n) is 9.54. The van der Waals surface area contributed by atoms with Crippen molar-refractivity contribution in [3.63, 3.8) is 0 Å². The molecule has 0 saturated carbocycles. The first-order chi connectivity index (χ1) is 17.9. The van der Waals surface area contributed by atoms with E-state index < -0.39 is 0 Å². The average molecular weight is 537 g/mol. The van der Waals surface area contributed by atoms with Crippen molar-refractivity contribution in [3.8, 4) is 11.8 Å². The maximum Gasteiger partial charge on any atom is 0.0251 e. The minimum atomic E-state index is 0. The van der Waals surface area contributed by atoms with Crippen LogP contribution in [-0.4, -0.2) is 0 Å². The van der Waals surface area contributed by atoms with Gasteiger partial charge in [-0.2, -0.15) is 0 Å². The van der Waals surface area contributed by atoms with Gasteiger partial charge in [-0.1, -0.05) is 160 Å². The predicted molar refractivity (Wildman–Crippen MR) is 186 cm³/mol. The molecule has 0 aliphatic rings. The molecule has 0 bridgehead atoms. The number of allylic oxidation sites excluding steroid dienone is 4. The van der Waals surface area contributed by atoms with Gasteiger partial charge in [-0.25, -0.2) is 0 Å². The fraction of sp³-hybridized carbons (Fsp3) is 0.350. The molecule has 0 aliphatic heterocycles. The summed E-state index contributed by atoms with van der Waals surface area (Å²) in [6.07, 6.45) is 5.66. The molecule has 0 N–H and O–H groups in total. The highest BCUT2D eigenvalue weighted by Gasteiger charge is 2.09. The van der Waals surface area contributed by atoms with Crippen LogP contribution in [0.15, 0.2) is 104 Å². The van der Waals surface area contributed by atoms with Crippen LogP contribution in [-0.2, 0) is 0 Å². The van der Waals surface area contributed by atoms with E-state index in [1.165, 1.54) is 24.8 Å². The van der Waals surface area contributed by atoms with Crippen molar-refractivity contribution < 1.29 is 0 Å². The van der Waals surface area contributed by atoms with Crippen LogP contribution in [0.1, 0.15) is 111 Å². The van der Waals surface area contributed by atoms with Crippen molar-refractivity contribution in [2.75, 3.05) is 0 Å². The zero-order valence-electron chi connectivity index (χ0n) is 23.6. The van der Waals surface area contributed by atoms with Crippen LogP contribution in [0.5, 0.6) is 0 Å². The van der Waals surface area contributed by atoms with Gasteiger partial charge in [0.1, 0.15) is 0 Å². The summed E-state index contributed by atoms with van der Waals surface area (Å²) < 4.78 is 0. The summed E-state index contributed by atoms with van der Waals surface area (Å²) >= 11 is 0. The lowest BCUT2D eigenvalue weighted by Gasteiger charge is -2.17. The third-order valence-corrected chi connectivity index (χ3v) is 6.76. The smallest absolute Gasteiger partial charge is 0.0251 e. The van der Waals surface area contributed by atoms with Gasteiger partial charge >= 0.3 is 0 Å². The summed E-state index contributed by atoms with van der Waals surface area (Å²) in [5.74, 6) is 7.07. The Bertz CT molecular complexity index is 1210. The molecule has 0 fully saturated rings. The molecule has 0 aliphatic carbocycles. The Hall–Kier alpha value is -3.56. The average Bonchev–Trinajstić information content (AvgIpc) is 2.96. The molecule has 0 amide bonds. The quantitative estimate of drug-likeness (QED) is 0.188. The summed E-state index contributed by atoms with van der Waals surface area (Å²) in [5, 5.41) is 0. The molecule has 216 valence electrons. The molecule has 1 unspecified atom stereocenters. The molecule has 3 aromatic rings. The fourth-order valence-corrected chi connectivity index (χ4v) is 4.12. The first kappa shape index (κ1) is 38.6. The first-order valence-corrected chi connectivity index (χ1v) is 13.7. The minimum absolute atomic E-state index is 0. The van der Waals surface area contributed by atoms with Crippen LogP contribution in [0.3, 0.4) is 0 Å². The third kappa shape index (κ3) is 12.1. The largest absolute Gasteiger partial charge is 0.0979 e. The first-order valence-electron chi connectivity index (χ1n) is 13.7. The van der Waals surface area contributed by atoms with E-state index in [0.717, 1.165) is 40.7 Å². The van der Waals surface area contributed by atoms with Gasteiger partial charge in [0, 0.05) is 12.0 Å². The van der Waals surface area contributed by atoms with Gasteiger partial charge in [0.2, 0.25) is 0 Å². The predicted octanol–water partition coefficient (Wildman–Crippen LogP) is 12.8. The van der Waals surface area contributed by atoms with Crippen molar-refractivity contribution in [1.29, 1.82) is 0 Å².